The van der Waals surface area contributed by atoms with E-state index in [1.807, 2.05) is 26.0 Å². The minimum atomic E-state index is -2.93. The lowest BCUT2D eigenvalue weighted by Crippen LogP contribution is -2.17. The minimum Gasteiger partial charge on any atom is -0.188 e. The third kappa shape index (κ3) is 4.20. The van der Waals surface area contributed by atoms with Crippen molar-refractivity contribution in [1.82, 2.24) is 0 Å². The molecular formula is C21H29BrF2. The molecule has 0 radical (unpaired) electrons. The van der Waals surface area contributed by atoms with Crippen LogP contribution in [0.1, 0.15) is 86.0 Å². The summed E-state index contributed by atoms with van der Waals surface area (Å²) in [4.78, 5) is -2.93. The first-order chi connectivity index (χ1) is 11.3. The zero-order chi connectivity index (χ0) is 17.3. The van der Waals surface area contributed by atoms with Crippen LogP contribution in [0.4, 0.5) is 8.78 Å². The van der Waals surface area contributed by atoms with Crippen molar-refractivity contribution in [3.8, 4) is 0 Å². The van der Waals surface area contributed by atoms with Gasteiger partial charge < -0.3 is 0 Å². The molecule has 0 aromatic heterocycles. The van der Waals surface area contributed by atoms with E-state index >= 15 is 0 Å². The topological polar surface area (TPSA) is 0 Å². The second kappa shape index (κ2) is 7.43. The van der Waals surface area contributed by atoms with Crippen LogP contribution in [0.25, 0.3) is 0 Å². The fraction of sp³-hybridized carbons (Fsp3) is 0.714. The molecule has 0 nitrogen and oxygen atoms in total. The molecular weight excluding hydrogens is 370 g/mol. The summed E-state index contributed by atoms with van der Waals surface area (Å²) in [7, 11) is 0. The molecule has 0 spiro atoms. The van der Waals surface area contributed by atoms with Gasteiger partial charge in [-0.3, -0.25) is 0 Å². The summed E-state index contributed by atoms with van der Waals surface area (Å²) < 4.78 is 27.4. The monoisotopic (exact) mass is 398 g/mol. The Morgan fingerprint density at radius 3 is 1.92 bits per heavy atom. The highest BCUT2D eigenvalue weighted by Crippen LogP contribution is 2.43. The van der Waals surface area contributed by atoms with Gasteiger partial charge in [-0.15, -0.1) is 0 Å². The summed E-state index contributed by atoms with van der Waals surface area (Å²) in [5.41, 5.74) is 2.82. The van der Waals surface area contributed by atoms with E-state index in [4.69, 9.17) is 0 Å². The second-order valence-electron chi connectivity index (χ2n) is 8.13. The normalized spacial score (nSPS) is 26.0. The molecule has 0 atom stereocenters. The smallest absolute Gasteiger partial charge is 0.188 e. The van der Waals surface area contributed by atoms with E-state index in [1.165, 1.54) is 63.4 Å². The fourth-order valence-electron chi connectivity index (χ4n) is 5.13. The van der Waals surface area contributed by atoms with Crippen LogP contribution in [0.15, 0.2) is 12.1 Å². The maximum atomic E-state index is 13.7. The highest BCUT2D eigenvalue weighted by molar-refractivity contribution is 9.09. The molecule has 2 aliphatic carbocycles. The number of rotatable bonds is 4. The van der Waals surface area contributed by atoms with Crippen LogP contribution in [-0.4, -0.2) is 0 Å². The number of hydrogen-bond donors (Lipinski definition) is 0. The Bertz CT molecular complexity index is 539. The van der Waals surface area contributed by atoms with E-state index in [-0.39, 0.29) is 5.56 Å². The van der Waals surface area contributed by atoms with E-state index < -0.39 is 4.83 Å². The Morgan fingerprint density at radius 2 is 1.42 bits per heavy atom. The van der Waals surface area contributed by atoms with E-state index in [0.29, 0.717) is 17.0 Å². The maximum Gasteiger partial charge on any atom is 0.327 e. The van der Waals surface area contributed by atoms with Gasteiger partial charge in [0.1, 0.15) is 0 Å². The highest BCUT2D eigenvalue weighted by Gasteiger charge is 2.32. The van der Waals surface area contributed by atoms with E-state index in [1.54, 1.807) is 0 Å². The first-order valence-corrected chi connectivity index (χ1v) is 10.3. The molecule has 0 amide bonds. The van der Waals surface area contributed by atoms with Gasteiger partial charge in [0.2, 0.25) is 0 Å². The molecule has 0 saturated heterocycles. The lowest BCUT2D eigenvalue weighted by Gasteiger charge is -2.31. The number of hydrogen-bond acceptors (Lipinski definition) is 0. The van der Waals surface area contributed by atoms with Gasteiger partial charge >= 0.3 is 4.83 Å². The molecule has 3 heteroatoms. The summed E-state index contributed by atoms with van der Waals surface area (Å²) in [6.45, 7) is 3.62. The molecule has 1 aromatic rings. The van der Waals surface area contributed by atoms with Crippen molar-refractivity contribution in [1.29, 1.82) is 0 Å². The van der Waals surface area contributed by atoms with Crippen LogP contribution >= 0.6 is 15.9 Å². The number of aryl methyl sites for hydroxylation is 2. The molecule has 0 bridgehead atoms. The second-order valence-corrected chi connectivity index (χ2v) is 9.13. The van der Waals surface area contributed by atoms with Crippen LogP contribution in [0, 0.1) is 25.7 Å². The van der Waals surface area contributed by atoms with Gasteiger partial charge in [0.15, 0.2) is 0 Å². The first-order valence-electron chi connectivity index (χ1n) is 9.53. The minimum absolute atomic E-state index is 0.140. The van der Waals surface area contributed by atoms with Crippen molar-refractivity contribution >= 4 is 15.9 Å². The van der Waals surface area contributed by atoms with Crippen LogP contribution in [0.5, 0.6) is 0 Å². The van der Waals surface area contributed by atoms with Crippen LogP contribution in [-0.2, 0) is 4.83 Å². The average molecular weight is 399 g/mol. The summed E-state index contributed by atoms with van der Waals surface area (Å²) in [5.74, 6) is 2.44. The summed E-state index contributed by atoms with van der Waals surface area (Å²) in [6.07, 6.45) is 12.3. The van der Waals surface area contributed by atoms with Crippen molar-refractivity contribution < 1.29 is 8.78 Å². The molecule has 2 aliphatic rings. The number of benzene rings is 1. The van der Waals surface area contributed by atoms with Crippen LogP contribution in [0.2, 0.25) is 0 Å². The predicted octanol–water partition coefficient (Wildman–Crippen LogP) is 7.60. The summed E-state index contributed by atoms with van der Waals surface area (Å²) in [6, 6.07) is 4.00. The molecule has 1 aromatic carbocycles. The molecule has 0 N–H and O–H groups in total. The Hall–Kier alpha value is -0.440. The number of halogens is 3. The first kappa shape index (κ1) is 18.4. The Morgan fingerprint density at radius 1 is 0.917 bits per heavy atom. The number of alkyl halides is 3. The molecule has 0 heterocycles. The van der Waals surface area contributed by atoms with Crippen LogP contribution in [0.3, 0.4) is 0 Å². The molecule has 3 rings (SSSR count). The Kier molecular flexibility index (Phi) is 5.68. The van der Waals surface area contributed by atoms with Gasteiger partial charge in [0.05, 0.1) is 0 Å². The quantitative estimate of drug-likeness (QED) is 0.457. The Labute approximate surface area is 153 Å². The van der Waals surface area contributed by atoms with Gasteiger partial charge in [-0.2, -0.15) is 8.78 Å². The SMILES string of the molecule is Cc1cc(C2CCC(CC3CCCC3)CC2)cc(C)c1C(F)(F)Br. The van der Waals surface area contributed by atoms with Gasteiger partial charge in [-0.25, -0.2) is 0 Å². The van der Waals surface area contributed by atoms with E-state index in [2.05, 4.69) is 15.9 Å². The molecule has 2 saturated carbocycles. The summed E-state index contributed by atoms with van der Waals surface area (Å²) in [5, 5.41) is 0. The van der Waals surface area contributed by atoms with Crippen molar-refractivity contribution in [2.75, 3.05) is 0 Å². The van der Waals surface area contributed by atoms with Gasteiger partial charge in [-0.1, -0.05) is 37.8 Å². The molecule has 2 fully saturated rings. The van der Waals surface area contributed by atoms with Crippen molar-refractivity contribution in [2.24, 2.45) is 11.8 Å². The Balaban J connectivity index is 1.64. The zero-order valence-electron chi connectivity index (χ0n) is 14.9. The summed E-state index contributed by atoms with van der Waals surface area (Å²) >= 11 is 2.52. The fourth-order valence-corrected chi connectivity index (χ4v) is 5.75. The highest BCUT2D eigenvalue weighted by atomic mass is 79.9. The van der Waals surface area contributed by atoms with Gasteiger partial charge in [0.25, 0.3) is 0 Å². The molecule has 24 heavy (non-hydrogen) atoms. The van der Waals surface area contributed by atoms with Gasteiger partial charge in [-0.05, 0) is 96.3 Å². The molecule has 0 aliphatic heterocycles. The van der Waals surface area contributed by atoms with Crippen molar-refractivity contribution in [3.63, 3.8) is 0 Å². The van der Waals surface area contributed by atoms with Crippen molar-refractivity contribution in [3.05, 3.63) is 34.4 Å². The van der Waals surface area contributed by atoms with E-state index in [0.717, 1.165) is 11.8 Å². The molecule has 134 valence electrons. The van der Waals surface area contributed by atoms with Crippen LogP contribution < -0.4 is 0 Å². The standard InChI is InChI=1S/C21H29BrF2/c1-14-11-19(12-15(2)20(14)21(22,23)24)18-9-7-17(8-10-18)13-16-5-3-4-6-16/h11-12,16-18H,3-10,13H2,1-2H3. The molecule has 0 unspecified atom stereocenters. The third-order valence-corrected chi connectivity index (χ3v) is 6.69. The van der Waals surface area contributed by atoms with Crippen molar-refractivity contribution in [2.45, 2.75) is 82.4 Å². The zero-order valence-corrected chi connectivity index (χ0v) is 16.5. The average Bonchev–Trinajstić information content (AvgIpc) is 2.98. The van der Waals surface area contributed by atoms with Gasteiger partial charge in [0, 0.05) is 5.56 Å². The third-order valence-electron chi connectivity index (χ3n) is 6.30. The largest absolute Gasteiger partial charge is 0.327 e. The maximum absolute atomic E-state index is 13.7. The predicted molar refractivity (Wildman–Crippen MR) is 100 cm³/mol. The lowest BCUT2D eigenvalue weighted by molar-refractivity contribution is 0.113. The lowest BCUT2D eigenvalue weighted by atomic mass is 9.75. The van der Waals surface area contributed by atoms with E-state index in [9.17, 15) is 8.78 Å².